The first kappa shape index (κ1) is 11.3. The lowest BCUT2D eigenvalue weighted by molar-refractivity contribution is 0.524. The summed E-state index contributed by atoms with van der Waals surface area (Å²) >= 11 is 1.40. The molecule has 92 valence electrons. The van der Waals surface area contributed by atoms with Gasteiger partial charge in [-0.2, -0.15) is 8.42 Å². The molecular formula is C10H8N4O2S2. The topological polar surface area (TPSA) is 75.0 Å². The van der Waals surface area contributed by atoms with E-state index in [2.05, 4.69) is 15.0 Å². The average molecular weight is 280 g/mol. The van der Waals surface area contributed by atoms with Crippen LogP contribution in [0.5, 0.6) is 0 Å². The number of aliphatic imine (C=N–C) groups is 2. The molecule has 1 atom stereocenters. The monoisotopic (exact) mass is 280 g/mol. The Morgan fingerprint density at radius 2 is 2.28 bits per heavy atom. The predicted octanol–water partition coefficient (Wildman–Crippen LogP) is 0.853. The minimum atomic E-state index is -2.37. The van der Waals surface area contributed by atoms with Gasteiger partial charge in [0.1, 0.15) is 11.0 Å². The van der Waals surface area contributed by atoms with Crippen LogP contribution in [0.25, 0.3) is 0 Å². The molecule has 1 aromatic heterocycles. The van der Waals surface area contributed by atoms with Gasteiger partial charge in [0, 0.05) is 17.8 Å². The summed E-state index contributed by atoms with van der Waals surface area (Å²) < 4.78 is 22.5. The lowest BCUT2D eigenvalue weighted by Gasteiger charge is -2.22. The van der Waals surface area contributed by atoms with E-state index in [9.17, 15) is 8.42 Å². The van der Waals surface area contributed by atoms with Gasteiger partial charge in [-0.15, -0.1) is 11.3 Å². The Hall–Kier alpha value is -1.80. The third-order valence-corrected chi connectivity index (χ3v) is 4.05. The van der Waals surface area contributed by atoms with E-state index in [1.165, 1.54) is 11.3 Å². The van der Waals surface area contributed by atoms with Gasteiger partial charge in [0.25, 0.3) is 0 Å². The van der Waals surface area contributed by atoms with Crippen LogP contribution in [-0.2, 0) is 10.3 Å². The molecule has 0 aliphatic carbocycles. The normalized spacial score (nSPS) is 21.7. The Morgan fingerprint density at radius 1 is 1.44 bits per heavy atom. The second kappa shape index (κ2) is 4.14. The van der Waals surface area contributed by atoms with Crippen molar-refractivity contribution in [1.82, 2.24) is 9.88 Å². The zero-order valence-corrected chi connectivity index (χ0v) is 10.9. The van der Waals surface area contributed by atoms with Crippen molar-refractivity contribution in [3.63, 3.8) is 0 Å². The van der Waals surface area contributed by atoms with E-state index in [-0.39, 0.29) is 4.99 Å². The van der Waals surface area contributed by atoms with Crippen LogP contribution in [0.3, 0.4) is 0 Å². The maximum Gasteiger partial charge on any atom is 0.238 e. The highest BCUT2D eigenvalue weighted by molar-refractivity contribution is 7.73. The molecule has 0 bridgehead atoms. The van der Waals surface area contributed by atoms with Crippen molar-refractivity contribution in [3.8, 4) is 0 Å². The zero-order valence-electron chi connectivity index (χ0n) is 9.31. The number of amidine groups is 1. The maximum atomic E-state index is 11.3. The van der Waals surface area contributed by atoms with Crippen molar-refractivity contribution in [3.05, 3.63) is 28.5 Å². The SMILES string of the molecule is CC1=CN2C(=NC(=S(=O)=O)C2c2nccs2)C=N1. The van der Waals surface area contributed by atoms with E-state index in [1.54, 1.807) is 23.5 Å². The van der Waals surface area contributed by atoms with Gasteiger partial charge in [0.15, 0.2) is 10.8 Å². The summed E-state index contributed by atoms with van der Waals surface area (Å²) in [6.45, 7) is 1.85. The van der Waals surface area contributed by atoms with Gasteiger partial charge in [-0.05, 0) is 6.92 Å². The highest BCUT2D eigenvalue weighted by Gasteiger charge is 2.36. The van der Waals surface area contributed by atoms with Crippen molar-refractivity contribution in [2.24, 2.45) is 9.98 Å². The fourth-order valence-corrected chi connectivity index (χ4v) is 3.22. The third-order valence-electron chi connectivity index (χ3n) is 2.57. The number of hydrogen-bond acceptors (Lipinski definition) is 6. The fraction of sp³-hybridized carbons (Fsp3) is 0.200. The summed E-state index contributed by atoms with van der Waals surface area (Å²) in [4.78, 5) is 14.3. The molecule has 18 heavy (non-hydrogen) atoms. The lowest BCUT2D eigenvalue weighted by Crippen LogP contribution is -2.30. The first-order chi connectivity index (χ1) is 8.66. The maximum absolute atomic E-state index is 11.3. The highest BCUT2D eigenvalue weighted by Crippen LogP contribution is 2.31. The molecule has 8 heteroatoms. The number of thiazole rings is 1. The van der Waals surface area contributed by atoms with E-state index >= 15 is 0 Å². The summed E-state index contributed by atoms with van der Waals surface area (Å²) in [5.74, 6) is 0.528. The zero-order chi connectivity index (χ0) is 12.7. The molecule has 6 nitrogen and oxygen atoms in total. The Bertz CT molecular complexity index is 705. The third kappa shape index (κ3) is 1.70. The molecule has 0 saturated carbocycles. The number of rotatable bonds is 1. The Morgan fingerprint density at radius 3 is 2.94 bits per heavy atom. The van der Waals surface area contributed by atoms with E-state index in [4.69, 9.17) is 0 Å². The van der Waals surface area contributed by atoms with Gasteiger partial charge in [-0.1, -0.05) is 0 Å². The predicted molar refractivity (Wildman–Crippen MR) is 70.3 cm³/mol. The summed E-state index contributed by atoms with van der Waals surface area (Å²) in [5.41, 5.74) is 0.799. The van der Waals surface area contributed by atoms with Crippen molar-refractivity contribution in [2.45, 2.75) is 13.0 Å². The van der Waals surface area contributed by atoms with Crippen LogP contribution in [0.4, 0.5) is 0 Å². The van der Waals surface area contributed by atoms with E-state index in [1.807, 2.05) is 12.3 Å². The molecule has 0 saturated heterocycles. The van der Waals surface area contributed by atoms with Crippen LogP contribution in [0.15, 0.2) is 33.5 Å². The molecule has 0 radical (unpaired) electrons. The van der Waals surface area contributed by atoms with Crippen molar-refractivity contribution in [2.75, 3.05) is 0 Å². The van der Waals surface area contributed by atoms with Gasteiger partial charge >= 0.3 is 0 Å². The van der Waals surface area contributed by atoms with Crippen molar-refractivity contribution >= 4 is 38.7 Å². The molecule has 0 aromatic carbocycles. The van der Waals surface area contributed by atoms with E-state index < -0.39 is 16.3 Å². The Balaban J connectivity index is 2.18. The molecular weight excluding hydrogens is 272 g/mol. The van der Waals surface area contributed by atoms with E-state index in [0.717, 1.165) is 5.70 Å². The fourth-order valence-electron chi connectivity index (χ4n) is 1.84. The Labute approximate surface area is 109 Å². The number of hydrogen-bond donors (Lipinski definition) is 0. The van der Waals surface area contributed by atoms with Crippen LogP contribution in [0, 0.1) is 0 Å². The number of fused-ring (bicyclic) bond motifs is 1. The number of aromatic nitrogens is 1. The van der Waals surface area contributed by atoms with Crippen LogP contribution in [0.2, 0.25) is 0 Å². The summed E-state index contributed by atoms with van der Waals surface area (Å²) in [6, 6.07) is -0.472. The molecule has 3 rings (SSSR count). The molecule has 2 aliphatic rings. The number of nitrogens with zero attached hydrogens (tertiary/aromatic N) is 4. The summed E-state index contributed by atoms with van der Waals surface area (Å²) in [7, 11) is -2.37. The summed E-state index contributed by atoms with van der Waals surface area (Å²) in [5, 5.41) is 2.51. The molecule has 1 aromatic rings. The number of allylic oxidation sites excluding steroid dienone is 1. The van der Waals surface area contributed by atoms with Crippen LogP contribution < -0.4 is 0 Å². The summed E-state index contributed by atoms with van der Waals surface area (Å²) in [6.07, 6.45) is 5.00. The first-order valence-corrected chi connectivity index (χ1v) is 7.07. The smallest absolute Gasteiger partial charge is 0.238 e. The minimum absolute atomic E-state index is 0.0809. The van der Waals surface area contributed by atoms with Crippen LogP contribution in [0.1, 0.15) is 18.0 Å². The molecule has 0 N–H and O–H groups in total. The van der Waals surface area contributed by atoms with Gasteiger partial charge < -0.3 is 4.90 Å². The minimum Gasteiger partial charge on any atom is -0.313 e. The largest absolute Gasteiger partial charge is 0.313 e. The highest BCUT2D eigenvalue weighted by atomic mass is 32.2. The molecule has 0 spiro atoms. The van der Waals surface area contributed by atoms with Crippen molar-refractivity contribution in [1.29, 1.82) is 0 Å². The van der Waals surface area contributed by atoms with Gasteiger partial charge in [-0.3, -0.25) is 4.99 Å². The molecule has 0 amide bonds. The molecule has 2 aliphatic heterocycles. The van der Waals surface area contributed by atoms with E-state index in [0.29, 0.717) is 10.8 Å². The van der Waals surface area contributed by atoms with Gasteiger partial charge in [-0.25, -0.2) is 9.98 Å². The van der Waals surface area contributed by atoms with Gasteiger partial charge in [0.05, 0.1) is 11.9 Å². The second-order valence-corrected chi connectivity index (χ2v) is 5.57. The van der Waals surface area contributed by atoms with Crippen molar-refractivity contribution < 1.29 is 8.42 Å². The first-order valence-electron chi connectivity index (χ1n) is 5.12. The van der Waals surface area contributed by atoms with Crippen LogP contribution in [-0.4, -0.2) is 35.3 Å². The lowest BCUT2D eigenvalue weighted by atomic mass is 10.2. The van der Waals surface area contributed by atoms with Crippen LogP contribution >= 0.6 is 11.3 Å². The molecule has 3 heterocycles. The average Bonchev–Trinajstić information content (AvgIpc) is 2.93. The molecule has 0 fully saturated rings. The Kier molecular flexibility index (Phi) is 2.60. The van der Waals surface area contributed by atoms with Gasteiger partial charge in [0.2, 0.25) is 10.3 Å². The second-order valence-electron chi connectivity index (χ2n) is 3.75. The standard InChI is InChI=1S/C10H8N4O2S2/c1-6-5-14-7(4-12-6)13-10(18(15)16)8(14)9-11-2-3-17-9/h2-5,8H,1H3. The quantitative estimate of drug-likeness (QED) is 0.715. The molecule has 1 unspecified atom stereocenters.